The van der Waals surface area contributed by atoms with Gasteiger partial charge in [0.15, 0.2) is 0 Å². The third-order valence-electron chi connectivity index (χ3n) is 3.22. The molecule has 18 heavy (non-hydrogen) atoms. The maximum absolute atomic E-state index is 13.2. The molecule has 1 heterocycles. The average Bonchev–Trinajstić information content (AvgIpc) is 2.41. The van der Waals surface area contributed by atoms with E-state index in [1.165, 1.54) is 18.2 Å². The zero-order valence-electron chi connectivity index (χ0n) is 9.90. The van der Waals surface area contributed by atoms with Gasteiger partial charge >= 0.3 is 0 Å². The van der Waals surface area contributed by atoms with Gasteiger partial charge in [-0.2, -0.15) is 0 Å². The van der Waals surface area contributed by atoms with Gasteiger partial charge in [0.2, 0.25) is 0 Å². The van der Waals surface area contributed by atoms with Gasteiger partial charge in [-0.15, -0.1) is 0 Å². The molecule has 1 aliphatic rings. The fourth-order valence-corrected chi connectivity index (χ4v) is 2.65. The van der Waals surface area contributed by atoms with E-state index in [0.29, 0.717) is 23.1 Å². The summed E-state index contributed by atoms with van der Waals surface area (Å²) in [6.07, 6.45) is 1.81. The van der Waals surface area contributed by atoms with E-state index < -0.39 is 5.82 Å². The van der Waals surface area contributed by atoms with Crippen LogP contribution in [0, 0.1) is 11.7 Å². The number of rotatable bonds is 2. The highest BCUT2D eigenvalue weighted by Crippen LogP contribution is 2.23. The van der Waals surface area contributed by atoms with Crippen LogP contribution in [0.15, 0.2) is 22.7 Å². The second kappa shape index (κ2) is 5.80. The first-order chi connectivity index (χ1) is 8.61. The number of aliphatic hydroxyl groups is 1. The Morgan fingerprint density at radius 3 is 3.06 bits per heavy atom. The highest BCUT2D eigenvalue weighted by molar-refractivity contribution is 9.10. The van der Waals surface area contributed by atoms with Crippen LogP contribution in [-0.4, -0.2) is 35.6 Å². The van der Waals surface area contributed by atoms with E-state index in [2.05, 4.69) is 15.9 Å². The average molecular weight is 316 g/mol. The molecule has 1 atom stereocenters. The Balaban J connectivity index is 2.17. The Bertz CT molecular complexity index is 453. The number of halogens is 2. The number of likely N-dealkylation sites (tertiary alicyclic amines) is 1. The number of hydrogen-bond donors (Lipinski definition) is 1. The normalized spacial score (nSPS) is 19.9. The first-order valence-corrected chi connectivity index (χ1v) is 6.76. The predicted molar refractivity (Wildman–Crippen MR) is 69.8 cm³/mol. The summed E-state index contributed by atoms with van der Waals surface area (Å²) in [5.74, 6) is -0.466. The monoisotopic (exact) mass is 315 g/mol. The van der Waals surface area contributed by atoms with Crippen molar-refractivity contribution in [3.8, 4) is 0 Å². The van der Waals surface area contributed by atoms with E-state index in [1.807, 2.05) is 0 Å². The highest BCUT2D eigenvalue weighted by Gasteiger charge is 2.25. The molecule has 1 aliphatic heterocycles. The van der Waals surface area contributed by atoms with Crippen LogP contribution in [0.2, 0.25) is 0 Å². The van der Waals surface area contributed by atoms with Crippen molar-refractivity contribution in [1.29, 1.82) is 0 Å². The zero-order chi connectivity index (χ0) is 13.1. The molecule has 0 radical (unpaired) electrons. The van der Waals surface area contributed by atoms with Crippen molar-refractivity contribution in [3.05, 3.63) is 34.1 Å². The van der Waals surface area contributed by atoms with Crippen molar-refractivity contribution in [2.24, 2.45) is 5.92 Å². The number of piperidine rings is 1. The van der Waals surface area contributed by atoms with Crippen LogP contribution in [0.1, 0.15) is 23.2 Å². The van der Waals surface area contributed by atoms with E-state index in [4.69, 9.17) is 5.11 Å². The number of carbonyl (C=O) groups excluding carboxylic acids is 1. The number of aliphatic hydroxyl groups excluding tert-OH is 1. The second-order valence-corrected chi connectivity index (χ2v) is 5.42. The molecule has 0 spiro atoms. The zero-order valence-corrected chi connectivity index (χ0v) is 11.5. The number of benzene rings is 1. The molecular formula is C13H15BrFNO2. The number of nitrogens with zero attached hydrogens (tertiary/aromatic N) is 1. The molecule has 1 fully saturated rings. The van der Waals surface area contributed by atoms with Crippen molar-refractivity contribution >= 4 is 21.8 Å². The summed E-state index contributed by atoms with van der Waals surface area (Å²) in [4.78, 5) is 14.0. The van der Waals surface area contributed by atoms with Gasteiger partial charge in [-0.25, -0.2) is 4.39 Å². The van der Waals surface area contributed by atoms with Crippen LogP contribution in [0.25, 0.3) is 0 Å². The van der Waals surface area contributed by atoms with Gasteiger partial charge in [-0.3, -0.25) is 4.79 Å². The maximum Gasteiger partial charge on any atom is 0.255 e. The van der Waals surface area contributed by atoms with Crippen LogP contribution < -0.4 is 0 Å². The fraction of sp³-hybridized carbons (Fsp3) is 0.462. The molecule has 1 aromatic carbocycles. The molecule has 0 aliphatic carbocycles. The first kappa shape index (κ1) is 13.5. The molecule has 3 nitrogen and oxygen atoms in total. The molecule has 0 bridgehead atoms. The van der Waals surface area contributed by atoms with Crippen molar-refractivity contribution in [1.82, 2.24) is 4.90 Å². The van der Waals surface area contributed by atoms with Crippen LogP contribution >= 0.6 is 15.9 Å². The highest BCUT2D eigenvalue weighted by atomic mass is 79.9. The Labute approximate surface area is 114 Å². The van der Waals surface area contributed by atoms with Crippen molar-refractivity contribution < 1.29 is 14.3 Å². The van der Waals surface area contributed by atoms with Gasteiger partial charge < -0.3 is 10.0 Å². The lowest BCUT2D eigenvalue weighted by atomic mass is 9.98. The Hall–Kier alpha value is -0.940. The van der Waals surface area contributed by atoms with Gasteiger partial charge in [0.1, 0.15) is 5.82 Å². The summed E-state index contributed by atoms with van der Waals surface area (Å²) in [7, 11) is 0. The lowest BCUT2D eigenvalue weighted by Crippen LogP contribution is -2.41. The maximum atomic E-state index is 13.2. The smallest absolute Gasteiger partial charge is 0.255 e. The molecule has 5 heteroatoms. The summed E-state index contributed by atoms with van der Waals surface area (Å²) in [5.41, 5.74) is 0.341. The molecule has 1 unspecified atom stereocenters. The minimum Gasteiger partial charge on any atom is -0.396 e. The third-order valence-corrected chi connectivity index (χ3v) is 3.91. The minimum atomic E-state index is -0.419. The van der Waals surface area contributed by atoms with Gasteiger partial charge in [0, 0.05) is 24.2 Å². The van der Waals surface area contributed by atoms with E-state index in [-0.39, 0.29) is 18.4 Å². The fourth-order valence-electron chi connectivity index (χ4n) is 2.23. The number of hydrogen-bond acceptors (Lipinski definition) is 2. The standard InChI is InChI=1S/C13H15BrFNO2/c14-12-4-3-10(15)6-11(12)13(18)16-5-1-2-9(7-16)8-17/h3-4,6,9,17H,1-2,5,7-8H2. The molecule has 2 rings (SSSR count). The van der Waals surface area contributed by atoms with Gasteiger partial charge in [0.05, 0.1) is 5.56 Å². The van der Waals surface area contributed by atoms with Crippen LogP contribution in [0.3, 0.4) is 0 Å². The molecular weight excluding hydrogens is 301 g/mol. The predicted octanol–water partition coefficient (Wildman–Crippen LogP) is 2.43. The summed E-state index contributed by atoms with van der Waals surface area (Å²) < 4.78 is 13.8. The summed E-state index contributed by atoms with van der Waals surface area (Å²) in [6, 6.07) is 4.10. The SMILES string of the molecule is O=C(c1cc(F)ccc1Br)N1CCCC(CO)C1. The van der Waals surface area contributed by atoms with Gasteiger partial charge in [-0.1, -0.05) is 0 Å². The van der Waals surface area contributed by atoms with E-state index in [1.54, 1.807) is 4.90 Å². The number of carbonyl (C=O) groups is 1. The molecule has 1 N–H and O–H groups in total. The molecule has 1 aromatic rings. The van der Waals surface area contributed by atoms with Crippen molar-refractivity contribution in [2.45, 2.75) is 12.8 Å². The van der Waals surface area contributed by atoms with E-state index in [9.17, 15) is 9.18 Å². The largest absolute Gasteiger partial charge is 0.396 e. The summed E-state index contributed by atoms with van der Waals surface area (Å²) >= 11 is 3.27. The van der Waals surface area contributed by atoms with Crippen LogP contribution in [-0.2, 0) is 0 Å². The van der Waals surface area contributed by atoms with E-state index >= 15 is 0 Å². The van der Waals surface area contributed by atoms with Crippen molar-refractivity contribution in [3.63, 3.8) is 0 Å². The lowest BCUT2D eigenvalue weighted by molar-refractivity contribution is 0.0619. The first-order valence-electron chi connectivity index (χ1n) is 5.97. The molecule has 0 saturated carbocycles. The van der Waals surface area contributed by atoms with Crippen LogP contribution in [0.5, 0.6) is 0 Å². The number of amides is 1. The molecule has 0 aromatic heterocycles. The lowest BCUT2D eigenvalue weighted by Gasteiger charge is -2.32. The molecule has 1 amide bonds. The molecule has 1 saturated heterocycles. The Morgan fingerprint density at radius 2 is 2.33 bits per heavy atom. The van der Waals surface area contributed by atoms with Gasteiger partial charge in [-0.05, 0) is 52.9 Å². The molecule has 98 valence electrons. The van der Waals surface area contributed by atoms with Crippen LogP contribution in [0.4, 0.5) is 4.39 Å². The Kier molecular flexibility index (Phi) is 4.35. The minimum absolute atomic E-state index is 0.0914. The van der Waals surface area contributed by atoms with E-state index in [0.717, 1.165) is 12.8 Å². The topological polar surface area (TPSA) is 40.5 Å². The van der Waals surface area contributed by atoms with Gasteiger partial charge in [0.25, 0.3) is 5.91 Å². The summed E-state index contributed by atoms with van der Waals surface area (Å²) in [6.45, 7) is 1.30. The quantitative estimate of drug-likeness (QED) is 0.910. The Morgan fingerprint density at radius 1 is 1.56 bits per heavy atom. The summed E-state index contributed by atoms with van der Waals surface area (Å²) in [5, 5.41) is 9.15. The second-order valence-electron chi connectivity index (χ2n) is 4.57. The van der Waals surface area contributed by atoms with Crippen molar-refractivity contribution in [2.75, 3.05) is 19.7 Å². The third kappa shape index (κ3) is 2.90.